The highest BCUT2D eigenvalue weighted by molar-refractivity contribution is 7.92. The van der Waals surface area contributed by atoms with E-state index in [0.29, 0.717) is 12.1 Å². The molecule has 8 heteroatoms. The zero-order valence-corrected chi connectivity index (χ0v) is 17.7. The maximum Gasteiger partial charge on any atom is 0.253 e. The maximum atomic E-state index is 12.5. The molecule has 0 saturated carbocycles. The lowest BCUT2D eigenvalue weighted by molar-refractivity contribution is 0.0952. The molecule has 0 aromatic heterocycles. The highest BCUT2D eigenvalue weighted by atomic mass is 32.2. The van der Waals surface area contributed by atoms with E-state index < -0.39 is 10.0 Å². The van der Waals surface area contributed by atoms with Crippen molar-refractivity contribution in [1.82, 2.24) is 15.1 Å². The van der Waals surface area contributed by atoms with Crippen LogP contribution in [0, 0.1) is 0 Å². The Morgan fingerprint density at radius 3 is 2.24 bits per heavy atom. The van der Waals surface area contributed by atoms with Gasteiger partial charge in [0.25, 0.3) is 5.91 Å². The van der Waals surface area contributed by atoms with Gasteiger partial charge >= 0.3 is 0 Å². The number of sulfonamides is 1. The summed E-state index contributed by atoms with van der Waals surface area (Å²) in [5.41, 5.74) is 2.82. The average molecular weight is 417 g/mol. The molecule has 156 valence electrons. The number of para-hydroxylation sites is 1. The first-order valence-electron chi connectivity index (χ1n) is 9.64. The van der Waals surface area contributed by atoms with E-state index in [2.05, 4.69) is 39.0 Å². The molecule has 29 heavy (non-hydrogen) atoms. The normalized spacial score (nSPS) is 15.8. The Hall–Kier alpha value is -2.42. The molecular weight excluding hydrogens is 388 g/mol. The van der Waals surface area contributed by atoms with E-state index >= 15 is 0 Å². The molecule has 1 fully saturated rings. The lowest BCUT2D eigenvalue weighted by Gasteiger charge is -2.32. The van der Waals surface area contributed by atoms with E-state index in [9.17, 15) is 13.2 Å². The van der Waals surface area contributed by atoms with Gasteiger partial charge in [0.15, 0.2) is 0 Å². The Bertz CT molecular complexity index is 937. The van der Waals surface area contributed by atoms with Crippen molar-refractivity contribution in [2.75, 3.05) is 44.2 Å². The van der Waals surface area contributed by atoms with Crippen molar-refractivity contribution in [1.29, 1.82) is 0 Å². The zero-order chi connectivity index (χ0) is 20.9. The molecule has 7 nitrogen and oxygen atoms in total. The molecule has 0 atom stereocenters. The number of rotatable bonds is 7. The maximum absolute atomic E-state index is 12.5. The van der Waals surface area contributed by atoms with Crippen LogP contribution in [0.5, 0.6) is 0 Å². The Kier molecular flexibility index (Phi) is 6.89. The van der Waals surface area contributed by atoms with Crippen molar-refractivity contribution in [2.45, 2.75) is 13.1 Å². The minimum Gasteiger partial charge on any atom is -0.348 e. The van der Waals surface area contributed by atoms with Crippen molar-refractivity contribution in [2.24, 2.45) is 0 Å². The third-order valence-corrected chi connectivity index (χ3v) is 5.54. The molecule has 1 aliphatic heterocycles. The molecule has 1 heterocycles. The van der Waals surface area contributed by atoms with Crippen LogP contribution in [0.4, 0.5) is 5.69 Å². The molecule has 2 N–H and O–H groups in total. The van der Waals surface area contributed by atoms with Crippen LogP contribution in [0.1, 0.15) is 21.5 Å². The second-order valence-electron chi connectivity index (χ2n) is 7.50. The molecule has 2 aromatic carbocycles. The van der Waals surface area contributed by atoms with Crippen LogP contribution in [0.15, 0.2) is 48.5 Å². The van der Waals surface area contributed by atoms with Gasteiger partial charge in [-0.1, -0.05) is 36.4 Å². The summed E-state index contributed by atoms with van der Waals surface area (Å²) in [4.78, 5) is 17.3. The standard InChI is InChI=1S/C21H28N4O3S/c1-24-11-13-25(14-12-24)16-18-9-7-17(8-10-18)15-22-21(26)19-5-3-4-6-20(19)23-29(2,27)28/h3-10,23H,11-16H2,1-2H3,(H,22,26). The highest BCUT2D eigenvalue weighted by Crippen LogP contribution is 2.16. The van der Waals surface area contributed by atoms with Crippen LogP contribution in [0.25, 0.3) is 0 Å². The number of benzene rings is 2. The minimum atomic E-state index is -3.46. The first-order valence-corrected chi connectivity index (χ1v) is 11.5. The summed E-state index contributed by atoms with van der Waals surface area (Å²) < 4.78 is 25.4. The summed E-state index contributed by atoms with van der Waals surface area (Å²) >= 11 is 0. The van der Waals surface area contributed by atoms with Gasteiger partial charge in [0, 0.05) is 39.3 Å². The summed E-state index contributed by atoms with van der Waals surface area (Å²) in [6, 6.07) is 14.8. The molecule has 0 radical (unpaired) electrons. The van der Waals surface area contributed by atoms with Gasteiger partial charge in [-0.05, 0) is 30.3 Å². The molecule has 0 bridgehead atoms. The van der Waals surface area contributed by atoms with Gasteiger partial charge in [-0.15, -0.1) is 0 Å². The van der Waals surface area contributed by atoms with Gasteiger partial charge in [0.2, 0.25) is 10.0 Å². The Balaban J connectivity index is 1.56. The third kappa shape index (κ3) is 6.56. The van der Waals surface area contributed by atoms with Gasteiger partial charge in [0.05, 0.1) is 17.5 Å². The Morgan fingerprint density at radius 1 is 0.966 bits per heavy atom. The summed E-state index contributed by atoms with van der Waals surface area (Å²) in [5.74, 6) is -0.321. The van der Waals surface area contributed by atoms with E-state index in [-0.39, 0.29) is 11.6 Å². The predicted molar refractivity (Wildman–Crippen MR) is 115 cm³/mol. The van der Waals surface area contributed by atoms with Crippen LogP contribution >= 0.6 is 0 Å². The molecular formula is C21H28N4O3S. The number of amides is 1. The fourth-order valence-corrected chi connectivity index (χ4v) is 3.85. The molecule has 1 saturated heterocycles. The van der Waals surface area contributed by atoms with E-state index in [1.165, 1.54) is 5.56 Å². The number of carbonyl (C=O) groups is 1. The van der Waals surface area contributed by atoms with Gasteiger partial charge in [-0.2, -0.15) is 0 Å². The number of carbonyl (C=O) groups excluding carboxylic acids is 1. The van der Waals surface area contributed by atoms with Crippen molar-refractivity contribution in [3.63, 3.8) is 0 Å². The van der Waals surface area contributed by atoms with E-state index in [4.69, 9.17) is 0 Å². The number of piperazine rings is 1. The number of hydrogen-bond acceptors (Lipinski definition) is 5. The van der Waals surface area contributed by atoms with Crippen molar-refractivity contribution in [3.05, 3.63) is 65.2 Å². The number of hydrogen-bond donors (Lipinski definition) is 2. The van der Waals surface area contributed by atoms with E-state index in [0.717, 1.165) is 44.5 Å². The summed E-state index contributed by atoms with van der Waals surface area (Å²) in [7, 11) is -1.31. The highest BCUT2D eigenvalue weighted by Gasteiger charge is 2.15. The molecule has 2 aromatic rings. The number of likely N-dealkylation sites (N-methyl/N-ethyl adjacent to an activating group) is 1. The van der Waals surface area contributed by atoms with Crippen LogP contribution in [-0.4, -0.2) is 63.6 Å². The zero-order valence-electron chi connectivity index (χ0n) is 16.9. The Morgan fingerprint density at radius 2 is 1.59 bits per heavy atom. The summed E-state index contributed by atoms with van der Waals surface area (Å²) in [6.45, 7) is 5.66. The fourth-order valence-electron chi connectivity index (χ4n) is 3.27. The van der Waals surface area contributed by atoms with Gasteiger partial charge in [-0.3, -0.25) is 14.4 Å². The van der Waals surface area contributed by atoms with Crippen LogP contribution in [0.3, 0.4) is 0 Å². The molecule has 1 amide bonds. The van der Waals surface area contributed by atoms with Crippen LogP contribution in [-0.2, 0) is 23.1 Å². The smallest absolute Gasteiger partial charge is 0.253 e. The number of anilines is 1. The first-order chi connectivity index (χ1) is 13.8. The fraction of sp³-hybridized carbons (Fsp3) is 0.381. The van der Waals surface area contributed by atoms with Crippen LogP contribution < -0.4 is 10.0 Å². The van der Waals surface area contributed by atoms with E-state index in [1.54, 1.807) is 24.3 Å². The monoisotopic (exact) mass is 416 g/mol. The van der Waals surface area contributed by atoms with Gasteiger partial charge in [0.1, 0.15) is 0 Å². The molecule has 0 unspecified atom stereocenters. The lowest BCUT2D eigenvalue weighted by atomic mass is 10.1. The summed E-state index contributed by atoms with van der Waals surface area (Å²) in [5, 5.41) is 2.86. The molecule has 0 aliphatic carbocycles. The summed E-state index contributed by atoms with van der Waals surface area (Å²) in [6.07, 6.45) is 1.06. The second-order valence-corrected chi connectivity index (χ2v) is 9.25. The average Bonchev–Trinajstić information content (AvgIpc) is 2.68. The van der Waals surface area contributed by atoms with E-state index in [1.807, 2.05) is 12.1 Å². The quantitative estimate of drug-likeness (QED) is 0.719. The van der Waals surface area contributed by atoms with Crippen molar-refractivity contribution >= 4 is 21.6 Å². The second kappa shape index (κ2) is 9.39. The first kappa shape index (κ1) is 21.3. The Labute approximate surface area is 172 Å². The number of nitrogens with one attached hydrogen (secondary N) is 2. The number of nitrogens with zero attached hydrogens (tertiary/aromatic N) is 2. The predicted octanol–water partition coefficient (Wildman–Crippen LogP) is 1.74. The van der Waals surface area contributed by atoms with Crippen molar-refractivity contribution in [3.8, 4) is 0 Å². The van der Waals surface area contributed by atoms with Gasteiger partial charge in [-0.25, -0.2) is 8.42 Å². The largest absolute Gasteiger partial charge is 0.348 e. The minimum absolute atomic E-state index is 0.273. The SMILES string of the molecule is CN1CCN(Cc2ccc(CNC(=O)c3ccccc3NS(C)(=O)=O)cc2)CC1. The van der Waals surface area contributed by atoms with Crippen molar-refractivity contribution < 1.29 is 13.2 Å². The third-order valence-electron chi connectivity index (χ3n) is 4.95. The lowest BCUT2D eigenvalue weighted by Crippen LogP contribution is -2.43. The molecule has 3 rings (SSSR count). The topological polar surface area (TPSA) is 81.8 Å². The van der Waals surface area contributed by atoms with Gasteiger partial charge < -0.3 is 10.2 Å². The molecule has 0 spiro atoms. The molecule has 1 aliphatic rings. The van der Waals surface area contributed by atoms with Crippen LogP contribution in [0.2, 0.25) is 0 Å².